The summed E-state index contributed by atoms with van der Waals surface area (Å²) in [7, 11) is 0. The van der Waals surface area contributed by atoms with Gasteiger partial charge in [0, 0.05) is 45.7 Å². The van der Waals surface area contributed by atoms with Crippen LogP contribution in [0.3, 0.4) is 0 Å². The van der Waals surface area contributed by atoms with Crippen molar-refractivity contribution < 1.29 is 9.84 Å². The molecule has 2 aliphatic rings. The quantitative estimate of drug-likeness (QED) is 0.732. The van der Waals surface area contributed by atoms with Crippen LogP contribution in [0.25, 0.3) is 0 Å². The van der Waals surface area contributed by atoms with Gasteiger partial charge in [-0.1, -0.05) is 13.3 Å². The first-order valence-electron chi connectivity index (χ1n) is 5.74. The minimum atomic E-state index is -0.461. The third kappa shape index (κ3) is 2.27. The number of nitrogens with zero attached hydrogens (tertiary/aromatic N) is 1. The highest BCUT2D eigenvalue weighted by Gasteiger charge is 2.35. The van der Waals surface area contributed by atoms with Crippen LogP contribution in [0, 0.1) is 5.92 Å². The van der Waals surface area contributed by atoms with E-state index in [-0.39, 0.29) is 0 Å². The summed E-state index contributed by atoms with van der Waals surface area (Å²) >= 11 is 0. The van der Waals surface area contributed by atoms with Gasteiger partial charge in [0.05, 0.1) is 5.60 Å². The summed E-state index contributed by atoms with van der Waals surface area (Å²) in [4.78, 5) is 2.37. The molecule has 3 heteroatoms. The van der Waals surface area contributed by atoms with Gasteiger partial charge in [-0.05, 0) is 5.92 Å². The third-order valence-corrected chi connectivity index (χ3v) is 3.55. The standard InChI is InChI=1S/C11H21NO2/c1-2-10-7-12(8-10)9-11(13)3-5-14-6-4-11/h10,13H,2-9H2,1H3. The number of hydrogen-bond acceptors (Lipinski definition) is 3. The van der Waals surface area contributed by atoms with Gasteiger partial charge >= 0.3 is 0 Å². The van der Waals surface area contributed by atoms with Crippen LogP contribution >= 0.6 is 0 Å². The summed E-state index contributed by atoms with van der Waals surface area (Å²) in [5, 5.41) is 10.2. The molecule has 0 amide bonds. The summed E-state index contributed by atoms with van der Waals surface area (Å²) in [6.45, 7) is 6.90. The number of likely N-dealkylation sites (tertiary alicyclic amines) is 1. The molecule has 0 unspecified atom stereocenters. The minimum absolute atomic E-state index is 0.461. The lowest BCUT2D eigenvalue weighted by Gasteiger charge is -2.44. The molecule has 14 heavy (non-hydrogen) atoms. The molecule has 0 aromatic heterocycles. The second-order valence-corrected chi connectivity index (χ2v) is 4.81. The zero-order valence-corrected chi connectivity index (χ0v) is 9.04. The van der Waals surface area contributed by atoms with Crippen LogP contribution in [0.1, 0.15) is 26.2 Å². The second-order valence-electron chi connectivity index (χ2n) is 4.81. The van der Waals surface area contributed by atoms with Crippen molar-refractivity contribution in [3.05, 3.63) is 0 Å². The van der Waals surface area contributed by atoms with Gasteiger partial charge in [0.2, 0.25) is 0 Å². The Balaban J connectivity index is 1.74. The second kappa shape index (κ2) is 4.17. The molecule has 0 aromatic carbocycles. The Bertz CT molecular complexity index is 184. The number of β-amino-alcohol motifs (C(OH)–C–C–N with tert-alkyl or cyclic N) is 1. The Morgan fingerprint density at radius 1 is 1.36 bits per heavy atom. The molecular weight excluding hydrogens is 178 g/mol. The smallest absolute Gasteiger partial charge is 0.0817 e. The molecule has 2 rings (SSSR count). The van der Waals surface area contributed by atoms with E-state index in [1.807, 2.05) is 0 Å². The fourth-order valence-corrected chi connectivity index (χ4v) is 2.39. The predicted octanol–water partition coefficient (Wildman–Crippen LogP) is 0.870. The lowest BCUT2D eigenvalue weighted by molar-refractivity contribution is -0.0945. The molecule has 2 saturated heterocycles. The van der Waals surface area contributed by atoms with Gasteiger partial charge in [0.1, 0.15) is 0 Å². The normalized spacial score (nSPS) is 28.7. The Kier molecular flexibility index (Phi) is 3.10. The highest BCUT2D eigenvalue weighted by molar-refractivity contribution is 4.89. The maximum Gasteiger partial charge on any atom is 0.0817 e. The van der Waals surface area contributed by atoms with Gasteiger partial charge in [-0.2, -0.15) is 0 Å². The molecule has 0 aromatic rings. The number of rotatable bonds is 3. The molecule has 1 N–H and O–H groups in total. The zero-order chi connectivity index (χ0) is 10.0. The van der Waals surface area contributed by atoms with Crippen molar-refractivity contribution in [2.24, 2.45) is 5.92 Å². The van der Waals surface area contributed by atoms with E-state index in [0.717, 1.165) is 38.5 Å². The summed E-state index contributed by atoms with van der Waals surface area (Å²) in [5.74, 6) is 0.874. The molecule has 82 valence electrons. The maximum atomic E-state index is 10.2. The summed E-state index contributed by atoms with van der Waals surface area (Å²) < 4.78 is 5.26. The van der Waals surface area contributed by atoms with Crippen LogP contribution in [0.4, 0.5) is 0 Å². The molecule has 2 fully saturated rings. The third-order valence-electron chi connectivity index (χ3n) is 3.55. The molecule has 0 atom stereocenters. The van der Waals surface area contributed by atoms with Crippen molar-refractivity contribution in [3.8, 4) is 0 Å². The lowest BCUT2D eigenvalue weighted by Crippen LogP contribution is -2.55. The summed E-state index contributed by atoms with van der Waals surface area (Å²) in [6.07, 6.45) is 2.89. The molecule has 0 spiro atoms. The molecule has 0 radical (unpaired) electrons. The predicted molar refractivity (Wildman–Crippen MR) is 55.2 cm³/mol. The van der Waals surface area contributed by atoms with Crippen LogP contribution in [-0.4, -0.2) is 48.5 Å². The van der Waals surface area contributed by atoms with Crippen LogP contribution in [0.2, 0.25) is 0 Å². The molecule has 0 bridgehead atoms. The summed E-state index contributed by atoms with van der Waals surface area (Å²) in [5.41, 5.74) is -0.461. The Hall–Kier alpha value is -0.120. The number of ether oxygens (including phenoxy) is 1. The van der Waals surface area contributed by atoms with E-state index >= 15 is 0 Å². The summed E-state index contributed by atoms with van der Waals surface area (Å²) in [6, 6.07) is 0. The number of hydrogen-bond donors (Lipinski definition) is 1. The fourth-order valence-electron chi connectivity index (χ4n) is 2.39. The highest BCUT2D eigenvalue weighted by atomic mass is 16.5. The zero-order valence-electron chi connectivity index (χ0n) is 9.04. The SMILES string of the molecule is CCC1CN(CC2(O)CCOCC2)C1. The molecular formula is C11H21NO2. The number of aliphatic hydroxyl groups is 1. The van der Waals surface area contributed by atoms with Gasteiger partial charge in [0.25, 0.3) is 0 Å². The van der Waals surface area contributed by atoms with Crippen molar-refractivity contribution in [1.29, 1.82) is 0 Å². The molecule has 0 aliphatic carbocycles. The van der Waals surface area contributed by atoms with Crippen LogP contribution in [0.15, 0.2) is 0 Å². The van der Waals surface area contributed by atoms with Gasteiger partial charge in [-0.15, -0.1) is 0 Å². The lowest BCUT2D eigenvalue weighted by atomic mass is 9.89. The minimum Gasteiger partial charge on any atom is -0.388 e. The van der Waals surface area contributed by atoms with Crippen molar-refractivity contribution in [2.45, 2.75) is 31.8 Å². The van der Waals surface area contributed by atoms with Crippen molar-refractivity contribution in [2.75, 3.05) is 32.8 Å². The first-order chi connectivity index (χ1) is 6.72. The van der Waals surface area contributed by atoms with E-state index in [1.165, 1.54) is 19.5 Å². The topological polar surface area (TPSA) is 32.7 Å². The molecule has 3 nitrogen and oxygen atoms in total. The van der Waals surface area contributed by atoms with Gasteiger partial charge in [0.15, 0.2) is 0 Å². The Labute approximate surface area is 86.0 Å². The van der Waals surface area contributed by atoms with Crippen molar-refractivity contribution in [3.63, 3.8) is 0 Å². The Morgan fingerprint density at radius 3 is 2.57 bits per heavy atom. The average Bonchev–Trinajstić information content (AvgIpc) is 2.12. The Morgan fingerprint density at radius 2 is 2.00 bits per heavy atom. The van der Waals surface area contributed by atoms with Crippen molar-refractivity contribution in [1.82, 2.24) is 4.90 Å². The molecule has 2 heterocycles. The van der Waals surface area contributed by atoms with E-state index in [4.69, 9.17) is 4.74 Å². The van der Waals surface area contributed by atoms with E-state index < -0.39 is 5.60 Å². The largest absolute Gasteiger partial charge is 0.388 e. The van der Waals surface area contributed by atoms with Crippen molar-refractivity contribution >= 4 is 0 Å². The first kappa shape index (κ1) is 10.4. The maximum absolute atomic E-state index is 10.2. The molecule has 0 saturated carbocycles. The van der Waals surface area contributed by atoms with Crippen LogP contribution < -0.4 is 0 Å². The van der Waals surface area contributed by atoms with Gasteiger partial charge in [-0.25, -0.2) is 0 Å². The van der Waals surface area contributed by atoms with Crippen LogP contribution in [0.5, 0.6) is 0 Å². The average molecular weight is 199 g/mol. The fraction of sp³-hybridized carbons (Fsp3) is 1.00. The first-order valence-corrected chi connectivity index (χ1v) is 5.74. The van der Waals surface area contributed by atoms with E-state index in [0.29, 0.717) is 0 Å². The van der Waals surface area contributed by atoms with Gasteiger partial charge < -0.3 is 9.84 Å². The van der Waals surface area contributed by atoms with E-state index in [2.05, 4.69) is 11.8 Å². The van der Waals surface area contributed by atoms with Crippen LogP contribution in [-0.2, 0) is 4.74 Å². The monoisotopic (exact) mass is 199 g/mol. The van der Waals surface area contributed by atoms with E-state index in [1.54, 1.807) is 0 Å². The molecule has 2 aliphatic heterocycles. The highest BCUT2D eigenvalue weighted by Crippen LogP contribution is 2.26. The van der Waals surface area contributed by atoms with E-state index in [9.17, 15) is 5.11 Å². The van der Waals surface area contributed by atoms with Gasteiger partial charge in [-0.3, -0.25) is 4.90 Å².